The summed E-state index contributed by atoms with van der Waals surface area (Å²) in [5.41, 5.74) is 16.9. The second-order valence-electron chi connectivity index (χ2n) is 19.2. The second-order valence-corrected chi connectivity index (χ2v) is 19.2. The van der Waals surface area contributed by atoms with Gasteiger partial charge in [-0.05, 0) is 170 Å². The van der Waals surface area contributed by atoms with Gasteiger partial charge in [-0.1, -0.05) is 119 Å². The van der Waals surface area contributed by atoms with E-state index in [1.165, 1.54) is 99.7 Å². The lowest BCUT2D eigenvalue weighted by Gasteiger charge is -2.76. The van der Waals surface area contributed by atoms with E-state index in [9.17, 15) is 0 Å². The molecule has 6 aromatic rings. The summed E-state index contributed by atoms with van der Waals surface area (Å²) in [6.07, 6.45) is 8.35. The summed E-state index contributed by atoms with van der Waals surface area (Å²) in [5, 5.41) is 2.54. The number of fused-ring (bicyclic) bond motifs is 10. The van der Waals surface area contributed by atoms with Crippen molar-refractivity contribution in [3.63, 3.8) is 0 Å². The van der Waals surface area contributed by atoms with Crippen molar-refractivity contribution in [1.29, 1.82) is 0 Å². The highest BCUT2D eigenvalue weighted by atomic mass is 15.1. The number of nitrogens with zero attached hydrogens (tertiary/aromatic N) is 1. The maximum absolute atomic E-state index is 2.53. The second kappa shape index (κ2) is 10.1. The van der Waals surface area contributed by atoms with E-state index in [0.717, 1.165) is 23.7 Å². The predicted molar refractivity (Wildman–Crippen MR) is 220 cm³/mol. The molecule has 1 nitrogen and oxygen atoms in total. The summed E-state index contributed by atoms with van der Waals surface area (Å²) in [7, 11) is 0. The van der Waals surface area contributed by atoms with Gasteiger partial charge in [-0.2, -0.15) is 0 Å². The molecule has 6 unspecified atom stereocenters. The third kappa shape index (κ3) is 3.75. The highest BCUT2D eigenvalue weighted by Crippen LogP contribution is 2.89. The molecule has 6 aromatic carbocycles. The van der Waals surface area contributed by atoms with Gasteiger partial charge >= 0.3 is 0 Å². The molecular formula is C52H49N. The van der Waals surface area contributed by atoms with Crippen molar-refractivity contribution in [2.45, 2.75) is 82.5 Å². The van der Waals surface area contributed by atoms with Crippen molar-refractivity contribution in [1.82, 2.24) is 0 Å². The van der Waals surface area contributed by atoms with Crippen LogP contribution in [0.25, 0.3) is 33.0 Å². The number of rotatable bonds is 4. The van der Waals surface area contributed by atoms with E-state index < -0.39 is 0 Å². The zero-order valence-electron chi connectivity index (χ0n) is 31.6. The van der Waals surface area contributed by atoms with E-state index in [0.29, 0.717) is 5.41 Å². The molecular weight excluding hydrogens is 639 g/mol. The quantitative estimate of drug-likeness (QED) is 0.178. The first-order valence-corrected chi connectivity index (χ1v) is 20.5. The zero-order chi connectivity index (χ0) is 35.5. The third-order valence-electron chi connectivity index (χ3n) is 16.2. The van der Waals surface area contributed by atoms with Crippen molar-refractivity contribution in [2.24, 2.45) is 29.1 Å². The first kappa shape index (κ1) is 30.8. The van der Waals surface area contributed by atoms with Gasteiger partial charge in [-0.15, -0.1) is 0 Å². The van der Waals surface area contributed by atoms with Gasteiger partial charge in [-0.25, -0.2) is 0 Å². The molecule has 0 heterocycles. The van der Waals surface area contributed by atoms with E-state index in [1.54, 1.807) is 11.1 Å². The van der Waals surface area contributed by atoms with Gasteiger partial charge in [0.2, 0.25) is 0 Å². The largest absolute Gasteiger partial charge is 0.310 e. The van der Waals surface area contributed by atoms with Crippen LogP contribution in [0.5, 0.6) is 0 Å². The fourth-order valence-electron chi connectivity index (χ4n) is 13.9. The molecule has 6 atom stereocenters. The molecule has 4 fully saturated rings. The van der Waals surface area contributed by atoms with Crippen molar-refractivity contribution in [3.8, 4) is 22.3 Å². The summed E-state index contributed by atoms with van der Waals surface area (Å²) < 4.78 is 0. The van der Waals surface area contributed by atoms with Crippen LogP contribution in [0.2, 0.25) is 0 Å². The van der Waals surface area contributed by atoms with Gasteiger partial charge in [0.25, 0.3) is 0 Å². The SMILES string of the molecule is CC1(C)CCC(C)(C)c2cc(N(c3ccc(-c4cccc5c4-c4ccccc4C54C5CC6CC7CC4C75C6)cc3)c3ccc4ccccc4c3)ccc21. The van der Waals surface area contributed by atoms with Crippen molar-refractivity contribution in [2.75, 3.05) is 4.90 Å². The lowest BCUT2D eigenvalue weighted by atomic mass is 9.27. The predicted octanol–water partition coefficient (Wildman–Crippen LogP) is 13.7. The Morgan fingerprint density at radius 3 is 2.00 bits per heavy atom. The molecule has 12 rings (SSSR count). The average molecular weight is 688 g/mol. The number of hydrogen-bond acceptors (Lipinski definition) is 1. The molecule has 4 saturated carbocycles. The van der Waals surface area contributed by atoms with E-state index in [1.807, 2.05) is 0 Å². The average Bonchev–Trinajstić information content (AvgIpc) is 3.81. The molecule has 0 saturated heterocycles. The molecule has 53 heavy (non-hydrogen) atoms. The highest BCUT2D eigenvalue weighted by Gasteiger charge is 2.84. The van der Waals surface area contributed by atoms with Crippen LogP contribution in [-0.2, 0) is 16.2 Å². The molecule has 262 valence electrons. The third-order valence-corrected chi connectivity index (χ3v) is 16.2. The zero-order valence-corrected chi connectivity index (χ0v) is 31.6. The molecule has 0 amide bonds. The van der Waals surface area contributed by atoms with Crippen LogP contribution in [0, 0.1) is 29.1 Å². The van der Waals surface area contributed by atoms with Crippen LogP contribution < -0.4 is 4.90 Å². The van der Waals surface area contributed by atoms with Gasteiger partial charge in [0.05, 0.1) is 0 Å². The van der Waals surface area contributed by atoms with Gasteiger partial charge in [0, 0.05) is 22.5 Å². The van der Waals surface area contributed by atoms with Crippen LogP contribution in [0.15, 0.2) is 127 Å². The summed E-state index contributed by atoms with van der Waals surface area (Å²) in [6.45, 7) is 9.71. The molecule has 0 aliphatic heterocycles. The molecule has 2 bridgehead atoms. The normalized spacial score (nSPS) is 29.9. The molecule has 0 aromatic heterocycles. The van der Waals surface area contributed by atoms with Crippen LogP contribution in [0.3, 0.4) is 0 Å². The Labute approximate surface area is 315 Å². The van der Waals surface area contributed by atoms with Crippen molar-refractivity contribution >= 4 is 27.8 Å². The Morgan fingerprint density at radius 1 is 0.509 bits per heavy atom. The van der Waals surface area contributed by atoms with Gasteiger partial charge in [-0.3, -0.25) is 0 Å². The lowest BCUT2D eigenvalue weighted by molar-refractivity contribution is -0.231. The molecule has 0 radical (unpaired) electrons. The first-order chi connectivity index (χ1) is 25.7. The fourth-order valence-corrected chi connectivity index (χ4v) is 13.9. The van der Waals surface area contributed by atoms with Crippen LogP contribution >= 0.6 is 0 Å². The Morgan fingerprint density at radius 2 is 1.17 bits per heavy atom. The maximum atomic E-state index is 2.53. The summed E-state index contributed by atoms with van der Waals surface area (Å²) in [5.74, 6) is 3.65. The molecule has 6 aliphatic carbocycles. The van der Waals surface area contributed by atoms with E-state index in [-0.39, 0.29) is 16.2 Å². The van der Waals surface area contributed by atoms with Crippen LogP contribution in [-0.4, -0.2) is 0 Å². The van der Waals surface area contributed by atoms with Gasteiger partial charge in [0.1, 0.15) is 0 Å². The topological polar surface area (TPSA) is 3.24 Å². The number of hydrogen-bond donors (Lipinski definition) is 0. The first-order valence-electron chi connectivity index (χ1n) is 20.5. The number of benzene rings is 6. The molecule has 6 aliphatic rings. The Kier molecular flexibility index (Phi) is 5.88. The minimum atomic E-state index is 0.139. The van der Waals surface area contributed by atoms with Crippen LogP contribution in [0.1, 0.15) is 88.5 Å². The van der Waals surface area contributed by atoms with Crippen LogP contribution in [0.4, 0.5) is 17.1 Å². The highest BCUT2D eigenvalue weighted by molar-refractivity contribution is 5.95. The summed E-state index contributed by atoms with van der Waals surface area (Å²) >= 11 is 0. The minimum absolute atomic E-state index is 0.139. The van der Waals surface area contributed by atoms with Crippen molar-refractivity contribution < 1.29 is 0 Å². The van der Waals surface area contributed by atoms with Crippen molar-refractivity contribution in [3.05, 3.63) is 150 Å². The van der Waals surface area contributed by atoms with E-state index in [2.05, 4.69) is 160 Å². The lowest BCUT2D eigenvalue weighted by Crippen LogP contribution is -2.73. The Bertz CT molecular complexity index is 2520. The summed E-state index contributed by atoms with van der Waals surface area (Å²) in [6, 6.07) is 49.4. The molecule has 0 N–H and O–H groups in total. The maximum Gasteiger partial charge on any atom is 0.0468 e. The van der Waals surface area contributed by atoms with E-state index in [4.69, 9.17) is 0 Å². The van der Waals surface area contributed by atoms with Gasteiger partial charge in [0.15, 0.2) is 0 Å². The molecule has 1 heteroatoms. The molecule has 2 spiro atoms. The monoisotopic (exact) mass is 687 g/mol. The van der Waals surface area contributed by atoms with E-state index >= 15 is 0 Å². The number of anilines is 3. The smallest absolute Gasteiger partial charge is 0.0468 e. The standard InChI is InChI=1S/C52H49N/c1-49(2)24-25-50(3,4)45-30-39(22-23-43(45)49)53(38-21-16-33-10-5-6-11-35(33)28-38)37-19-17-34(18-20-37)40-13-9-15-44-48(40)41-12-7-8-14-42(41)52(44)46-27-32-26-36-29-47(52)51(36,46)31-32/h5-23,28,30,32,36,46-47H,24-27,29,31H2,1-4H3. The summed E-state index contributed by atoms with van der Waals surface area (Å²) in [4.78, 5) is 2.49. The Balaban J connectivity index is 0.991. The fraction of sp³-hybridized carbons (Fsp3) is 0.346. The minimum Gasteiger partial charge on any atom is -0.310 e. The Hall–Kier alpha value is -4.62. The van der Waals surface area contributed by atoms with Gasteiger partial charge < -0.3 is 4.90 Å².